The van der Waals surface area contributed by atoms with Crippen LogP contribution >= 0.6 is 15.9 Å². The topological polar surface area (TPSA) is 102 Å². The van der Waals surface area contributed by atoms with Crippen LogP contribution in [0, 0.1) is 0 Å². The van der Waals surface area contributed by atoms with Gasteiger partial charge in [0.05, 0.1) is 18.8 Å². The van der Waals surface area contributed by atoms with Crippen LogP contribution in [0.2, 0.25) is 0 Å². The third-order valence-electron chi connectivity index (χ3n) is 3.40. The number of fused-ring (bicyclic) bond motifs is 1. The number of halogens is 1. The molecule has 0 radical (unpaired) electrons. The molecule has 0 unspecified atom stereocenters. The number of amides is 1. The Hall–Kier alpha value is -2.94. The summed E-state index contributed by atoms with van der Waals surface area (Å²) in [5.74, 6) is -0.0283. The number of rotatable bonds is 5. The number of ether oxygens (including phenoxy) is 1. The van der Waals surface area contributed by atoms with Gasteiger partial charge in [-0.1, -0.05) is 17.3 Å². The van der Waals surface area contributed by atoms with Crippen molar-refractivity contribution in [3.8, 4) is 11.5 Å². The molecule has 2 aromatic carbocycles. The number of hydrogen-bond donors (Lipinski definition) is 2. The van der Waals surface area contributed by atoms with E-state index in [-0.39, 0.29) is 18.2 Å². The summed E-state index contributed by atoms with van der Waals surface area (Å²) in [6.45, 7) is -0.00706. The number of hydrogen-bond acceptors (Lipinski definition) is 6. The van der Waals surface area contributed by atoms with Crippen molar-refractivity contribution in [2.75, 3.05) is 7.11 Å². The first-order valence-corrected chi connectivity index (χ1v) is 8.04. The molecule has 8 nitrogen and oxygen atoms in total. The van der Waals surface area contributed by atoms with Crippen LogP contribution in [0.3, 0.4) is 0 Å². The highest BCUT2D eigenvalue weighted by Crippen LogP contribution is 2.31. The minimum absolute atomic E-state index is 0.00706. The van der Waals surface area contributed by atoms with Crippen LogP contribution < -0.4 is 10.2 Å². The Bertz CT molecular complexity index is 954. The largest absolute Gasteiger partial charge is 0.504 e. The molecule has 0 atom stereocenters. The average molecular weight is 404 g/mol. The summed E-state index contributed by atoms with van der Waals surface area (Å²) >= 11 is 3.35. The maximum absolute atomic E-state index is 12.0. The summed E-state index contributed by atoms with van der Waals surface area (Å²) in [5, 5.41) is 21.6. The highest BCUT2D eigenvalue weighted by Gasteiger charge is 2.09. The monoisotopic (exact) mass is 403 g/mol. The summed E-state index contributed by atoms with van der Waals surface area (Å²) < 4.78 is 7.17. The molecule has 25 heavy (non-hydrogen) atoms. The van der Waals surface area contributed by atoms with Gasteiger partial charge >= 0.3 is 0 Å². The van der Waals surface area contributed by atoms with Gasteiger partial charge in [0.15, 0.2) is 11.5 Å². The highest BCUT2D eigenvalue weighted by atomic mass is 79.9. The Morgan fingerprint density at radius 3 is 3.04 bits per heavy atom. The fourth-order valence-corrected chi connectivity index (χ4v) is 2.63. The summed E-state index contributed by atoms with van der Waals surface area (Å²) in [5.41, 5.74) is 4.49. The Balaban J connectivity index is 1.66. The number of aromatic nitrogens is 3. The molecule has 1 amide bonds. The van der Waals surface area contributed by atoms with E-state index in [0.29, 0.717) is 15.8 Å². The normalized spacial score (nSPS) is 11.1. The van der Waals surface area contributed by atoms with Gasteiger partial charge in [-0.3, -0.25) is 4.79 Å². The van der Waals surface area contributed by atoms with Gasteiger partial charge in [0.1, 0.15) is 12.1 Å². The second kappa shape index (κ2) is 7.31. The lowest BCUT2D eigenvalue weighted by Crippen LogP contribution is -2.23. The summed E-state index contributed by atoms with van der Waals surface area (Å²) in [6.07, 6.45) is 1.42. The van der Waals surface area contributed by atoms with Crippen molar-refractivity contribution in [2.45, 2.75) is 6.54 Å². The number of phenolic OH excluding ortho intramolecular Hbond substituents is 1. The van der Waals surface area contributed by atoms with Crippen LogP contribution in [0.1, 0.15) is 5.56 Å². The van der Waals surface area contributed by atoms with Crippen LogP contribution in [0.5, 0.6) is 11.5 Å². The van der Waals surface area contributed by atoms with E-state index in [1.165, 1.54) is 24.1 Å². The summed E-state index contributed by atoms with van der Waals surface area (Å²) in [7, 11) is 1.46. The van der Waals surface area contributed by atoms with Crippen molar-refractivity contribution in [2.24, 2.45) is 5.10 Å². The molecule has 1 aromatic heterocycles. The van der Waals surface area contributed by atoms with E-state index in [0.717, 1.165) is 11.0 Å². The van der Waals surface area contributed by atoms with Gasteiger partial charge in [0.25, 0.3) is 5.91 Å². The number of nitrogens with zero attached hydrogens (tertiary/aromatic N) is 4. The van der Waals surface area contributed by atoms with Crippen molar-refractivity contribution in [1.29, 1.82) is 0 Å². The number of aromatic hydroxyl groups is 1. The van der Waals surface area contributed by atoms with E-state index in [9.17, 15) is 9.90 Å². The van der Waals surface area contributed by atoms with Crippen LogP contribution in [0.25, 0.3) is 11.0 Å². The maximum atomic E-state index is 12.0. The van der Waals surface area contributed by atoms with Gasteiger partial charge in [-0.15, -0.1) is 5.10 Å². The molecule has 0 aliphatic rings. The van der Waals surface area contributed by atoms with E-state index in [4.69, 9.17) is 4.74 Å². The van der Waals surface area contributed by atoms with Crippen molar-refractivity contribution in [3.63, 3.8) is 0 Å². The fourth-order valence-electron chi connectivity index (χ4n) is 2.20. The molecule has 128 valence electrons. The number of carbonyl (C=O) groups excluding carboxylic acids is 1. The fraction of sp³-hybridized carbons (Fsp3) is 0.125. The lowest BCUT2D eigenvalue weighted by Gasteiger charge is -2.06. The number of para-hydroxylation sites is 1. The molecule has 1 heterocycles. The molecule has 0 bridgehead atoms. The third-order valence-corrected chi connectivity index (χ3v) is 4.09. The van der Waals surface area contributed by atoms with Crippen LogP contribution in [0.15, 0.2) is 46.0 Å². The predicted molar refractivity (Wildman–Crippen MR) is 95.6 cm³/mol. The molecule has 0 saturated carbocycles. The number of hydrazone groups is 1. The minimum Gasteiger partial charge on any atom is -0.504 e. The Labute approximate surface area is 151 Å². The minimum atomic E-state index is -0.347. The van der Waals surface area contributed by atoms with Crippen LogP contribution in [0.4, 0.5) is 0 Å². The van der Waals surface area contributed by atoms with Crippen LogP contribution in [-0.2, 0) is 11.3 Å². The first-order chi connectivity index (χ1) is 12.1. The van der Waals surface area contributed by atoms with Gasteiger partial charge in [0, 0.05) is 10.0 Å². The number of carbonyl (C=O) groups is 1. The highest BCUT2D eigenvalue weighted by molar-refractivity contribution is 9.10. The van der Waals surface area contributed by atoms with Gasteiger partial charge in [-0.25, -0.2) is 10.1 Å². The zero-order valence-corrected chi connectivity index (χ0v) is 14.8. The average Bonchev–Trinajstić information content (AvgIpc) is 3.00. The summed E-state index contributed by atoms with van der Waals surface area (Å²) in [4.78, 5) is 12.0. The molecule has 0 aliphatic heterocycles. The van der Waals surface area contributed by atoms with E-state index in [2.05, 4.69) is 36.8 Å². The van der Waals surface area contributed by atoms with Crippen molar-refractivity contribution in [3.05, 3.63) is 46.4 Å². The second-order valence-corrected chi connectivity index (χ2v) is 5.93. The van der Waals surface area contributed by atoms with Crippen molar-refractivity contribution < 1.29 is 14.6 Å². The number of nitrogens with one attached hydrogen (secondary N) is 1. The number of phenols is 1. The van der Waals surface area contributed by atoms with E-state index in [1.54, 1.807) is 6.07 Å². The SMILES string of the molecule is COc1cc(Br)c(/C=N\NC(=O)Cn2nnc3ccccc32)cc1O. The molecule has 0 spiro atoms. The molecule has 9 heteroatoms. The molecule has 0 saturated heterocycles. The Kier molecular flexibility index (Phi) is 4.94. The number of methoxy groups -OCH3 is 1. The summed E-state index contributed by atoms with van der Waals surface area (Å²) in [6, 6.07) is 10.5. The van der Waals surface area contributed by atoms with Crippen LogP contribution in [-0.4, -0.2) is 39.3 Å². The third kappa shape index (κ3) is 3.77. The first-order valence-electron chi connectivity index (χ1n) is 7.25. The first kappa shape index (κ1) is 16.9. The smallest absolute Gasteiger partial charge is 0.261 e. The van der Waals surface area contributed by atoms with Gasteiger partial charge in [-0.05, 0) is 40.2 Å². The molecular weight excluding hydrogens is 390 g/mol. The number of benzene rings is 2. The Morgan fingerprint density at radius 1 is 1.44 bits per heavy atom. The lowest BCUT2D eigenvalue weighted by molar-refractivity contribution is -0.121. The van der Waals surface area contributed by atoms with E-state index >= 15 is 0 Å². The molecular formula is C16H14BrN5O3. The van der Waals surface area contributed by atoms with Gasteiger partial charge in [-0.2, -0.15) is 5.10 Å². The van der Waals surface area contributed by atoms with Crippen molar-refractivity contribution in [1.82, 2.24) is 20.4 Å². The zero-order valence-electron chi connectivity index (χ0n) is 13.2. The maximum Gasteiger partial charge on any atom is 0.261 e. The molecule has 2 N–H and O–H groups in total. The zero-order chi connectivity index (χ0) is 17.8. The van der Waals surface area contributed by atoms with Gasteiger partial charge in [0.2, 0.25) is 0 Å². The van der Waals surface area contributed by atoms with E-state index < -0.39 is 0 Å². The van der Waals surface area contributed by atoms with Crippen molar-refractivity contribution >= 4 is 39.1 Å². The molecule has 0 fully saturated rings. The standard InChI is InChI=1S/C16H14BrN5O3/c1-25-15-7-11(17)10(6-14(15)23)8-18-20-16(24)9-22-13-5-3-2-4-12(13)19-21-22/h2-8,23H,9H2,1H3,(H,20,24)/b18-8-. The molecule has 3 rings (SSSR count). The second-order valence-electron chi connectivity index (χ2n) is 5.07. The molecule has 3 aromatic rings. The quantitative estimate of drug-likeness (QED) is 0.501. The van der Waals surface area contributed by atoms with E-state index in [1.807, 2.05) is 24.3 Å². The molecule has 0 aliphatic carbocycles. The lowest BCUT2D eigenvalue weighted by atomic mass is 10.2. The predicted octanol–water partition coefficient (Wildman–Crippen LogP) is 2.06. The van der Waals surface area contributed by atoms with Gasteiger partial charge < -0.3 is 9.84 Å². The Morgan fingerprint density at radius 2 is 2.24 bits per heavy atom.